The zero-order valence-corrected chi connectivity index (χ0v) is 6.50. The largest absolute Gasteiger partial charge is 0.508 e. The first-order valence-electron chi connectivity index (χ1n) is 3.52. The number of phenols is 1. The van der Waals surface area contributed by atoms with Crippen LogP contribution < -0.4 is 4.74 Å². The molecule has 0 saturated heterocycles. The van der Waals surface area contributed by atoms with Crippen LogP contribution in [0, 0.1) is 6.92 Å². The second-order valence-corrected chi connectivity index (χ2v) is 2.22. The van der Waals surface area contributed by atoms with Gasteiger partial charge in [-0.15, -0.1) is 0 Å². The standard InChI is InChI=1S/C9H11O2/c1-3-11-8-5-4-7(2)9(10)6-8/h4-6,10H,2-3H2,1H3. The van der Waals surface area contributed by atoms with Crippen LogP contribution in [-0.4, -0.2) is 11.7 Å². The summed E-state index contributed by atoms with van der Waals surface area (Å²) in [6, 6.07) is 5.07. The van der Waals surface area contributed by atoms with Crippen LogP contribution in [0.4, 0.5) is 0 Å². The average molecular weight is 151 g/mol. The summed E-state index contributed by atoms with van der Waals surface area (Å²) in [4.78, 5) is 0. The van der Waals surface area contributed by atoms with E-state index in [1.807, 2.05) is 6.92 Å². The summed E-state index contributed by atoms with van der Waals surface area (Å²) in [5, 5.41) is 9.18. The molecular weight excluding hydrogens is 140 g/mol. The van der Waals surface area contributed by atoms with E-state index in [0.717, 1.165) is 0 Å². The summed E-state index contributed by atoms with van der Waals surface area (Å²) in [6.07, 6.45) is 0. The van der Waals surface area contributed by atoms with E-state index >= 15 is 0 Å². The molecule has 0 unspecified atom stereocenters. The first-order valence-corrected chi connectivity index (χ1v) is 3.52. The molecule has 0 atom stereocenters. The summed E-state index contributed by atoms with van der Waals surface area (Å²) in [6.45, 7) is 6.12. The van der Waals surface area contributed by atoms with E-state index in [2.05, 4.69) is 6.92 Å². The van der Waals surface area contributed by atoms with Gasteiger partial charge in [0, 0.05) is 6.07 Å². The van der Waals surface area contributed by atoms with Crippen LogP contribution in [0.3, 0.4) is 0 Å². The highest BCUT2D eigenvalue weighted by atomic mass is 16.5. The molecule has 0 aliphatic heterocycles. The van der Waals surface area contributed by atoms with Gasteiger partial charge in [0.1, 0.15) is 11.5 Å². The molecule has 0 fully saturated rings. The Bertz CT molecular complexity index is 243. The van der Waals surface area contributed by atoms with Gasteiger partial charge < -0.3 is 9.84 Å². The van der Waals surface area contributed by atoms with E-state index in [1.54, 1.807) is 18.2 Å². The lowest BCUT2D eigenvalue weighted by molar-refractivity contribution is 0.337. The average Bonchev–Trinajstić information content (AvgIpc) is 1.98. The molecule has 1 aromatic rings. The lowest BCUT2D eigenvalue weighted by atomic mass is 10.2. The summed E-state index contributed by atoms with van der Waals surface area (Å²) < 4.78 is 5.15. The normalized spacial score (nSPS) is 9.64. The van der Waals surface area contributed by atoms with E-state index in [-0.39, 0.29) is 5.75 Å². The SMILES string of the molecule is [CH2]c1ccc(OCC)cc1O. The Morgan fingerprint density at radius 1 is 1.55 bits per heavy atom. The molecule has 1 radical (unpaired) electrons. The molecular formula is C9H11O2. The molecule has 0 aliphatic carbocycles. The molecule has 1 N–H and O–H groups in total. The topological polar surface area (TPSA) is 29.5 Å². The van der Waals surface area contributed by atoms with Crippen LogP contribution in [0.2, 0.25) is 0 Å². The highest BCUT2D eigenvalue weighted by molar-refractivity contribution is 5.40. The van der Waals surface area contributed by atoms with E-state index in [1.165, 1.54) is 0 Å². The Kier molecular flexibility index (Phi) is 2.36. The van der Waals surface area contributed by atoms with E-state index in [0.29, 0.717) is 17.9 Å². The van der Waals surface area contributed by atoms with E-state index in [9.17, 15) is 5.11 Å². The molecule has 0 saturated carbocycles. The molecule has 1 aromatic carbocycles. The third-order valence-corrected chi connectivity index (χ3v) is 1.37. The molecule has 1 rings (SSSR count). The van der Waals surface area contributed by atoms with Gasteiger partial charge in [-0.2, -0.15) is 0 Å². The van der Waals surface area contributed by atoms with Crippen LogP contribution in [0.15, 0.2) is 18.2 Å². The van der Waals surface area contributed by atoms with Crippen LogP contribution in [-0.2, 0) is 0 Å². The number of hydrogen-bond acceptors (Lipinski definition) is 2. The number of aromatic hydroxyl groups is 1. The van der Waals surface area contributed by atoms with E-state index < -0.39 is 0 Å². The van der Waals surface area contributed by atoms with Gasteiger partial charge in [0.25, 0.3) is 0 Å². The first kappa shape index (κ1) is 7.92. The van der Waals surface area contributed by atoms with Crippen molar-refractivity contribution in [3.05, 3.63) is 30.7 Å². The molecule has 0 spiro atoms. The van der Waals surface area contributed by atoms with Crippen LogP contribution in [0.5, 0.6) is 11.5 Å². The Hall–Kier alpha value is -1.18. The molecule has 0 heterocycles. The minimum atomic E-state index is 0.177. The maximum absolute atomic E-state index is 9.18. The number of benzene rings is 1. The molecule has 0 bridgehead atoms. The van der Waals surface area contributed by atoms with Gasteiger partial charge in [-0.1, -0.05) is 6.07 Å². The molecule has 11 heavy (non-hydrogen) atoms. The smallest absolute Gasteiger partial charge is 0.122 e. The Morgan fingerprint density at radius 2 is 2.27 bits per heavy atom. The van der Waals surface area contributed by atoms with Gasteiger partial charge in [-0.05, 0) is 25.5 Å². The third-order valence-electron chi connectivity index (χ3n) is 1.37. The van der Waals surface area contributed by atoms with Gasteiger partial charge >= 0.3 is 0 Å². The summed E-state index contributed by atoms with van der Waals surface area (Å²) in [5.41, 5.74) is 0.619. The molecule has 0 aliphatic rings. The second kappa shape index (κ2) is 3.28. The summed E-state index contributed by atoms with van der Waals surface area (Å²) >= 11 is 0. The monoisotopic (exact) mass is 151 g/mol. The summed E-state index contributed by atoms with van der Waals surface area (Å²) in [5.74, 6) is 0.855. The first-order chi connectivity index (χ1) is 5.24. The predicted octanol–water partition coefficient (Wildman–Crippen LogP) is 1.97. The molecule has 0 amide bonds. The Morgan fingerprint density at radius 3 is 2.82 bits per heavy atom. The molecule has 59 valence electrons. The van der Waals surface area contributed by atoms with Crippen LogP contribution in [0.25, 0.3) is 0 Å². The van der Waals surface area contributed by atoms with Gasteiger partial charge in [-0.3, -0.25) is 0 Å². The Balaban J connectivity index is 2.86. The lowest BCUT2D eigenvalue weighted by Crippen LogP contribution is -1.90. The maximum atomic E-state index is 9.18. The van der Waals surface area contributed by atoms with Crippen molar-refractivity contribution in [2.75, 3.05) is 6.61 Å². The minimum absolute atomic E-state index is 0.177. The fourth-order valence-corrected chi connectivity index (χ4v) is 0.800. The lowest BCUT2D eigenvalue weighted by Gasteiger charge is -2.03. The third kappa shape index (κ3) is 1.87. The van der Waals surface area contributed by atoms with Crippen LogP contribution >= 0.6 is 0 Å². The molecule has 2 nitrogen and oxygen atoms in total. The Labute approximate surface area is 66.4 Å². The van der Waals surface area contributed by atoms with Gasteiger partial charge in [0.2, 0.25) is 0 Å². The molecule has 2 heteroatoms. The zero-order valence-electron chi connectivity index (χ0n) is 6.50. The minimum Gasteiger partial charge on any atom is -0.508 e. The second-order valence-electron chi connectivity index (χ2n) is 2.22. The van der Waals surface area contributed by atoms with E-state index in [4.69, 9.17) is 4.74 Å². The predicted molar refractivity (Wildman–Crippen MR) is 43.7 cm³/mol. The zero-order chi connectivity index (χ0) is 8.27. The highest BCUT2D eigenvalue weighted by Crippen LogP contribution is 2.22. The fraction of sp³-hybridized carbons (Fsp3) is 0.222. The van der Waals surface area contributed by atoms with Crippen molar-refractivity contribution in [3.8, 4) is 11.5 Å². The quantitative estimate of drug-likeness (QED) is 0.700. The van der Waals surface area contributed by atoms with Crippen molar-refractivity contribution >= 4 is 0 Å². The van der Waals surface area contributed by atoms with Crippen molar-refractivity contribution in [2.24, 2.45) is 0 Å². The van der Waals surface area contributed by atoms with Crippen molar-refractivity contribution in [2.45, 2.75) is 6.92 Å². The number of hydrogen-bond donors (Lipinski definition) is 1. The maximum Gasteiger partial charge on any atom is 0.122 e. The fourth-order valence-electron chi connectivity index (χ4n) is 0.800. The van der Waals surface area contributed by atoms with Crippen LogP contribution in [0.1, 0.15) is 12.5 Å². The van der Waals surface area contributed by atoms with Gasteiger partial charge in [0.05, 0.1) is 6.61 Å². The van der Waals surface area contributed by atoms with Crippen molar-refractivity contribution in [3.63, 3.8) is 0 Å². The highest BCUT2D eigenvalue weighted by Gasteiger charge is 1.97. The number of rotatable bonds is 2. The van der Waals surface area contributed by atoms with Crippen molar-refractivity contribution < 1.29 is 9.84 Å². The summed E-state index contributed by atoms with van der Waals surface area (Å²) in [7, 11) is 0. The van der Waals surface area contributed by atoms with Crippen molar-refractivity contribution in [1.29, 1.82) is 0 Å². The van der Waals surface area contributed by atoms with Gasteiger partial charge in [0.15, 0.2) is 0 Å². The van der Waals surface area contributed by atoms with Crippen molar-refractivity contribution in [1.82, 2.24) is 0 Å². The molecule has 0 aromatic heterocycles. The number of ether oxygens (including phenoxy) is 1. The number of phenolic OH excluding ortho intramolecular Hbond substituents is 1. The van der Waals surface area contributed by atoms with Gasteiger partial charge in [-0.25, -0.2) is 0 Å².